The summed E-state index contributed by atoms with van der Waals surface area (Å²) < 4.78 is 25.3. The lowest BCUT2D eigenvalue weighted by Crippen LogP contribution is -2.25. The summed E-state index contributed by atoms with van der Waals surface area (Å²) in [6, 6.07) is 16.9. The van der Waals surface area contributed by atoms with E-state index in [-0.39, 0.29) is 29.1 Å². The van der Waals surface area contributed by atoms with E-state index in [4.69, 9.17) is 9.47 Å². The number of ether oxygens (including phenoxy) is 2. The van der Waals surface area contributed by atoms with Gasteiger partial charge in [-0.05, 0) is 41.5 Å². The molecular weight excluding hydrogens is 347 g/mol. The summed E-state index contributed by atoms with van der Waals surface area (Å²) in [6.45, 7) is 0.375. The molecule has 1 heterocycles. The Labute approximate surface area is 156 Å². The number of phenols is 2. The van der Waals surface area contributed by atoms with Crippen LogP contribution in [0.4, 0.5) is 4.39 Å². The van der Waals surface area contributed by atoms with Crippen molar-refractivity contribution in [2.45, 2.75) is 11.8 Å². The lowest BCUT2D eigenvalue weighted by atomic mass is 9.76. The molecule has 0 amide bonds. The first-order valence-corrected chi connectivity index (χ1v) is 8.65. The monoisotopic (exact) mass is 366 g/mol. The van der Waals surface area contributed by atoms with E-state index in [1.54, 1.807) is 30.3 Å². The summed E-state index contributed by atoms with van der Waals surface area (Å²) >= 11 is 0. The third-order valence-electron chi connectivity index (χ3n) is 5.01. The zero-order valence-corrected chi connectivity index (χ0v) is 14.7. The molecule has 0 aromatic heterocycles. The highest BCUT2D eigenvalue weighted by Crippen LogP contribution is 2.47. The second kappa shape index (κ2) is 6.83. The van der Waals surface area contributed by atoms with Gasteiger partial charge in [0.05, 0.1) is 13.7 Å². The minimum absolute atomic E-state index is 0.0737. The van der Waals surface area contributed by atoms with Crippen LogP contribution in [-0.2, 0) is 0 Å². The summed E-state index contributed by atoms with van der Waals surface area (Å²) in [5.41, 5.74) is 2.65. The summed E-state index contributed by atoms with van der Waals surface area (Å²) in [5, 5.41) is 19.4. The third kappa shape index (κ3) is 3.16. The van der Waals surface area contributed by atoms with Crippen LogP contribution in [0.1, 0.15) is 28.5 Å². The van der Waals surface area contributed by atoms with Gasteiger partial charge in [0.2, 0.25) is 0 Å². The van der Waals surface area contributed by atoms with Crippen molar-refractivity contribution in [3.63, 3.8) is 0 Å². The smallest absolute Gasteiger partial charge is 0.165 e. The molecule has 0 fully saturated rings. The quantitative estimate of drug-likeness (QED) is 0.714. The molecule has 3 aromatic carbocycles. The van der Waals surface area contributed by atoms with Crippen LogP contribution in [0.15, 0.2) is 60.7 Å². The maximum atomic E-state index is 14.4. The molecule has 0 spiro atoms. The number of methoxy groups -OCH3 is 1. The van der Waals surface area contributed by atoms with E-state index in [2.05, 4.69) is 0 Å². The standard InChI is InChI=1S/C22H19FO4/c1-26-20-9-4-14(10-19(20)23)22-17-8-7-16(25)11-21(17)27-12-18(22)13-2-5-15(24)6-3-13/h2-11,18,22,24-25H,12H2,1H3/t18-,22-/m1/s1. The SMILES string of the molecule is COc1ccc([C@@H]2c3ccc(O)cc3OC[C@@H]2c2ccc(O)cc2)cc1F. The molecule has 0 unspecified atom stereocenters. The van der Waals surface area contributed by atoms with Crippen molar-refractivity contribution >= 4 is 0 Å². The number of halogens is 1. The molecule has 2 N–H and O–H groups in total. The lowest BCUT2D eigenvalue weighted by Gasteiger charge is -2.34. The molecule has 0 bridgehead atoms. The van der Waals surface area contributed by atoms with Crippen LogP contribution in [0.2, 0.25) is 0 Å². The number of fused-ring (bicyclic) bond motifs is 1. The van der Waals surface area contributed by atoms with Gasteiger partial charge in [-0.15, -0.1) is 0 Å². The Kier molecular flexibility index (Phi) is 4.36. The average molecular weight is 366 g/mol. The molecule has 0 radical (unpaired) electrons. The molecule has 4 rings (SSSR count). The van der Waals surface area contributed by atoms with Crippen LogP contribution < -0.4 is 9.47 Å². The molecule has 0 aliphatic carbocycles. The third-order valence-corrected chi connectivity index (χ3v) is 5.01. The second-order valence-electron chi connectivity index (χ2n) is 6.60. The number of phenolic OH excluding ortho intramolecular Hbond substituents is 2. The minimum atomic E-state index is -0.425. The highest BCUT2D eigenvalue weighted by molar-refractivity contribution is 5.51. The Balaban J connectivity index is 1.85. The van der Waals surface area contributed by atoms with E-state index in [0.717, 1.165) is 16.7 Å². The van der Waals surface area contributed by atoms with Crippen molar-refractivity contribution in [3.05, 3.63) is 83.2 Å². The maximum absolute atomic E-state index is 14.4. The average Bonchev–Trinajstić information content (AvgIpc) is 2.67. The van der Waals surface area contributed by atoms with Crippen LogP contribution in [-0.4, -0.2) is 23.9 Å². The minimum Gasteiger partial charge on any atom is -0.508 e. The number of aromatic hydroxyl groups is 2. The Bertz CT molecular complexity index is 969. The normalized spacial score (nSPS) is 18.4. The number of hydrogen-bond donors (Lipinski definition) is 2. The molecule has 27 heavy (non-hydrogen) atoms. The van der Waals surface area contributed by atoms with Gasteiger partial charge in [-0.2, -0.15) is 0 Å². The van der Waals surface area contributed by atoms with Crippen molar-refractivity contribution in [3.8, 4) is 23.0 Å². The van der Waals surface area contributed by atoms with Crippen molar-refractivity contribution in [2.75, 3.05) is 13.7 Å². The number of rotatable bonds is 3. The Morgan fingerprint density at radius 2 is 1.63 bits per heavy atom. The Hall–Kier alpha value is -3.21. The van der Waals surface area contributed by atoms with Gasteiger partial charge in [0.15, 0.2) is 11.6 Å². The van der Waals surface area contributed by atoms with Crippen LogP contribution >= 0.6 is 0 Å². The summed E-state index contributed by atoms with van der Waals surface area (Å²) in [6.07, 6.45) is 0. The Morgan fingerprint density at radius 1 is 0.926 bits per heavy atom. The van der Waals surface area contributed by atoms with Gasteiger partial charge in [0.1, 0.15) is 17.2 Å². The fraction of sp³-hybridized carbons (Fsp3) is 0.182. The molecule has 1 aliphatic heterocycles. The number of hydrogen-bond acceptors (Lipinski definition) is 4. The van der Waals surface area contributed by atoms with E-state index >= 15 is 0 Å². The van der Waals surface area contributed by atoms with Crippen LogP contribution in [0.3, 0.4) is 0 Å². The molecule has 0 saturated heterocycles. The van der Waals surface area contributed by atoms with Crippen molar-refractivity contribution in [1.82, 2.24) is 0 Å². The van der Waals surface area contributed by atoms with Gasteiger partial charge in [-0.3, -0.25) is 0 Å². The summed E-state index contributed by atoms with van der Waals surface area (Å²) in [5.74, 6) is 0.425. The van der Waals surface area contributed by atoms with Gasteiger partial charge in [-0.1, -0.05) is 24.3 Å². The molecule has 4 nitrogen and oxygen atoms in total. The van der Waals surface area contributed by atoms with Gasteiger partial charge >= 0.3 is 0 Å². The van der Waals surface area contributed by atoms with Crippen molar-refractivity contribution < 1.29 is 24.1 Å². The van der Waals surface area contributed by atoms with E-state index in [1.165, 1.54) is 13.2 Å². The topological polar surface area (TPSA) is 58.9 Å². The zero-order valence-electron chi connectivity index (χ0n) is 14.7. The van der Waals surface area contributed by atoms with Crippen molar-refractivity contribution in [2.24, 2.45) is 0 Å². The molecule has 0 saturated carbocycles. The van der Waals surface area contributed by atoms with Crippen molar-refractivity contribution in [1.29, 1.82) is 0 Å². The van der Waals surface area contributed by atoms with Gasteiger partial charge < -0.3 is 19.7 Å². The largest absolute Gasteiger partial charge is 0.508 e. The second-order valence-corrected chi connectivity index (χ2v) is 6.60. The van der Waals surface area contributed by atoms with Gasteiger partial charge in [0.25, 0.3) is 0 Å². The van der Waals surface area contributed by atoms with Crippen LogP contribution in [0.25, 0.3) is 0 Å². The molecule has 5 heteroatoms. The van der Waals surface area contributed by atoms with Gasteiger partial charge in [0, 0.05) is 23.5 Å². The molecule has 138 valence electrons. The fourth-order valence-electron chi connectivity index (χ4n) is 3.70. The van der Waals surface area contributed by atoms with E-state index in [0.29, 0.717) is 12.4 Å². The fourth-order valence-corrected chi connectivity index (χ4v) is 3.70. The van der Waals surface area contributed by atoms with Gasteiger partial charge in [-0.25, -0.2) is 4.39 Å². The molecule has 3 aromatic rings. The predicted octanol–water partition coefficient (Wildman–Crippen LogP) is 4.55. The van der Waals surface area contributed by atoms with E-state index in [1.807, 2.05) is 24.3 Å². The maximum Gasteiger partial charge on any atom is 0.165 e. The zero-order chi connectivity index (χ0) is 19.0. The Morgan fingerprint density at radius 3 is 2.33 bits per heavy atom. The van der Waals surface area contributed by atoms with E-state index in [9.17, 15) is 14.6 Å². The highest BCUT2D eigenvalue weighted by Gasteiger charge is 2.34. The number of benzene rings is 3. The molecular formula is C22H19FO4. The first kappa shape index (κ1) is 17.2. The molecule has 1 aliphatic rings. The lowest BCUT2D eigenvalue weighted by molar-refractivity contribution is 0.247. The van der Waals surface area contributed by atoms with E-state index < -0.39 is 5.82 Å². The highest BCUT2D eigenvalue weighted by atomic mass is 19.1. The summed E-state index contributed by atoms with van der Waals surface area (Å²) in [7, 11) is 1.43. The van der Waals surface area contributed by atoms with Crippen LogP contribution in [0, 0.1) is 5.82 Å². The molecule has 2 atom stereocenters. The summed E-state index contributed by atoms with van der Waals surface area (Å²) in [4.78, 5) is 0. The predicted molar refractivity (Wildman–Crippen MR) is 99.2 cm³/mol. The first-order chi connectivity index (χ1) is 13.1. The first-order valence-electron chi connectivity index (χ1n) is 8.65. The van der Waals surface area contributed by atoms with Crippen LogP contribution in [0.5, 0.6) is 23.0 Å².